The molecule has 0 nitrogen and oxygen atoms in total. The van der Waals surface area contributed by atoms with E-state index in [1.165, 1.54) is 70.6 Å². The first kappa shape index (κ1) is 20.1. The lowest BCUT2D eigenvalue weighted by atomic mass is 9.57. The van der Waals surface area contributed by atoms with Crippen molar-refractivity contribution in [3.05, 3.63) is 11.1 Å². The molecule has 0 heteroatoms. The van der Waals surface area contributed by atoms with Crippen molar-refractivity contribution in [1.29, 1.82) is 0 Å². The van der Waals surface area contributed by atoms with Crippen LogP contribution >= 0.6 is 0 Å². The first-order chi connectivity index (χ1) is 11.5. The van der Waals surface area contributed by atoms with Crippen LogP contribution in [0.2, 0.25) is 0 Å². The van der Waals surface area contributed by atoms with Crippen LogP contribution in [0.5, 0.6) is 0 Å². The standard InChI is InChI=1S/C21H36.C3H8/c1-5-16-9-7-8-15(3)14-19-18(16)12-13-21(4)17(6-2)10-11-20(19)21;1-3-2/h15,17,19-20H,5-14H2,1-4H3;3H2,1-2H3/b18-16+;. The van der Waals surface area contributed by atoms with E-state index in [-0.39, 0.29) is 0 Å². The predicted octanol–water partition coefficient (Wildman–Crippen LogP) is 8.17. The molecular weight excluding hydrogens is 288 g/mol. The average molecular weight is 333 g/mol. The fraction of sp³-hybridized carbons (Fsp3) is 0.917. The van der Waals surface area contributed by atoms with Crippen molar-refractivity contribution in [2.75, 3.05) is 0 Å². The van der Waals surface area contributed by atoms with Crippen LogP contribution in [-0.4, -0.2) is 0 Å². The van der Waals surface area contributed by atoms with Gasteiger partial charge in [0, 0.05) is 0 Å². The van der Waals surface area contributed by atoms with E-state index in [0.717, 1.165) is 23.7 Å². The van der Waals surface area contributed by atoms with Crippen molar-refractivity contribution >= 4 is 0 Å². The molecule has 2 fully saturated rings. The van der Waals surface area contributed by atoms with E-state index in [4.69, 9.17) is 0 Å². The van der Waals surface area contributed by atoms with Gasteiger partial charge in [-0.3, -0.25) is 0 Å². The second kappa shape index (κ2) is 8.91. The van der Waals surface area contributed by atoms with E-state index in [2.05, 4.69) is 41.5 Å². The van der Waals surface area contributed by atoms with Gasteiger partial charge in [-0.15, -0.1) is 0 Å². The molecular formula is C24H44. The first-order valence-electron chi connectivity index (χ1n) is 11.2. The van der Waals surface area contributed by atoms with E-state index < -0.39 is 0 Å². The lowest BCUT2D eigenvalue weighted by molar-refractivity contribution is 0.0674. The minimum absolute atomic E-state index is 0.667. The van der Waals surface area contributed by atoms with Gasteiger partial charge in [-0.25, -0.2) is 0 Å². The minimum Gasteiger partial charge on any atom is -0.0710 e. The number of allylic oxidation sites excluding steroid dienone is 2. The SMILES string of the molecule is CC/C1=C2/CCC3(C)C(CC)CCC3C2CC(C)CCC1.CCC. The third kappa shape index (κ3) is 3.94. The average Bonchev–Trinajstić information content (AvgIpc) is 2.88. The number of hydrogen-bond donors (Lipinski definition) is 0. The fourth-order valence-corrected chi connectivity index (χ4v) is 6.42. The minimum atomic E-state index is 0.667. The van der Waals surface area contributed by atoms with Crippen molar-refractivity contribution in [2.45, 2.75) is 112 Å². The summed E-state index contributed by atoms with van der Waals surface area (Å²) in [5, 5.41) is 0. The quantitative estimate of drug-likeness (QED) is 0.447. The van der Waals surface area contributed by atoms with Crippen LogP contribution in [0.3, 0.4) is 0 Å². The number of rotatable bonds is 2. The molecule has 3 aliphatic carbocycles. The topological polar surface area (TPSA) is 0 Å². The molecule has 0 aliphatic heterocycles. The Hall–Kier alpha value is -0.260. The van der Waals surface area contributed by atoms with Gasteiger partial charge in [-0.1, -0.05) is 72.0 Å². The molecule has 3 rings (SSSR count). The molecule has 0 bridgehead atoms. The summed E-state index contributed by atoms with van der Waals surface area (Å²) in [7, 11) is 0. The van der Waals surface area contributed by atoms with Crippen LogP contribution in [0, 0.1) is 29.1 Å². The molecule has 0 aromatic heterocycles. The molecule has 140 valence electrons. The molecule has 0 radical (unpaired) electrons. The lowest BCUT2D eigenvalue weighted by Gasteiger charge is -2.48. The van der Waals surface area contributed by atoms with Crippen LogP contribution in [0.25, 0.3) is 0 Å². The van der Waals surface area contributed by atoms with E-state index in [1.54, 1.807) is 0 Å². The van der Waals surface area contributed by atoms with Crippen LogP contribution in [0.1, 0.15) is 112 Å². The Bertz CT molecular complexity index is 418. The Morgan fingerprint density at radius 1 is 1.00 bits per heavy atom. The summed E-state index contributed by atoms with van der Waals surface area (Å²) in [6.07, 6.45) is 15.8. The zero-order valence-electron chi connectivity index (χ0n) is 17.6. The summed E-state index contributed by atoms with van der Waals surface area (Å²) >= 11 is 0. The second-order valence-electron chi connectivity index (χ2n) is 9.32. The Morgan fingerprint density at radius 2 is 1.71 bits per heavy atom. The summed E-state index contributed by atoms with van der Waals surface area (Å²) in [4.78, 5) is 0. The fourth-order valence-electron chi connectivity index (χ4n) is 6.42. The largest absolute Gasteiger partial charge is 0.0710 e. The van der Waals surface area contributed by atoms with Gasteiger partial charge in [0.15, 0.2) is 0 Å². The smallest absolute Gasteiger partial charge is 0.0164 e. The van der Waals surface area contributed by atoms with Crippen molar-refractivity contribution in [2.24, 2.45) is 29.1 Å². The molecule has 5 unspecified atom stereocenters. The monoisotopic (exact) mass is 332 g/mol. The highest BCUT2D eigenvalue weighted by atomic mass is 14.6. The molecule has 5 atom stereocenters. The van der Waals surface area contributed by atoms with Crippen LogP contribution in [0.4, 0.5) is 0 Å². The Balaban J connectivity index is 0.000000647. The summed E-state index contributed by atoms with van der Waals surface area (Å²) in [6.45, 7) is 14.3. The second-order valence-corrected chi connectivity index (χ2v) is 9.32. The van der Waals surface area contributed by atoms with Crippen molar-refractivity contribution in [1.82, 2.24) is 0 Å². The molecule has 0 spiro atoms. The normalized spacial score (nSPS) is 42.2. The van der Waals surface area contributed by atoms with Crippen molar-refractivity contribution in [3.63, 3.8) is 0 Å². The highest BCUT2D eigenvalue weighted by molar-refractivity contribution is 5.24. The number of fused-ring (bicyclic) bond motifs is 3. The maximum Gasteiger partial charge on any atom is -0.0164 e. The van der Waals surface area contributed by atoms with Crippen molar-refractivity contribution < 1.29 is 0 Å². The summed E-state index contributed by atoms with van der Waals surface area (Å²) in [5.41, 5.74) is 4.48. The van der Waals surface area contributed by atoms with Gasteiger partial charge >= 0.3 is 0 Å². The molecule has 0 saturated heterocycles. The van der Waals surface area contributed by atoms with Gasteiger partial charge in [-0.2, -0.15) is 0 Å². The highest BCUT2D eigenvalue weighted by Crippen LogP contribution is 2.61. The highest BCUT2D eigenvalue weighted by Gasteiger charge is 2.52. The Labute approximate surface area is 152 Å². The maximum absolute atomic E-state index is 2.66. The zero-order valence-corrected chi connectivity index (χ0v) is 17.6. The first-order valence-corrected chi connectivity index (χ1v) is 11.2. The summed E-state index contributed by atoms with van der Waals surface area (Å²) in [5.74, 6) is 3.92. The van der Waals surface area contributed by atoms with Crippen LogP contribution in [0.15, 0.2) is 11.1 Å². The van der Waals surface area contributed by atoms with Gasteiger partial charge < -0.3 is 0 Å². The Kier molecular flexibility index (Phi) is 7.44. The summed E-state index contributed by atoms with van der Waals surface area (Å²) in [6, 6.07) is 0. The molecule has 0 heterocycles. The zero-order chi connectivity index (χ0) is 17.7. The van der Waals surface area contributed by atoms with Gasteiger partial charge in [-0.05, 0) is 80.5 Å². The maximum atomic E-state index is 2.66. The van der Waals surface area contributed by atoms with Crippen LogP contribution in [-0.2, 0) is 0 Å². The molecule has 0 N–H and O–H groups in total. The summed E-state index contributed by atoms with van der Waals surface area (Å²) < 4.78 is 0. The molecule has 3 aliphatic rings. The Morgan fingerprint density at radius 3 is 2.33 bits per heavy atom. The molecule has 24 heavy (non-hydrogen) atoms. The van der Waals surface area contributed by atoms with Gasteiger partial charge in [0.1, 0.15) is 0 Å². The molecule has 2 saturated carbocycles. The van der Waals surface area contributed by atoms with Crippen molar-refractivity contribution in [3.8, 4) is 0 Å². The number of hydrogen-bond acceptors (Lipinski definition) is 0. The van der Waals surface area contributed by atoms with E-state index in [0.29, 0.717) is 5.41 Å². The van der Waals surface area contributed by atoms with E-state index >= 15 is 0 Å². The van der Waals surface area contributed by atoms with E-state index in [1.807, 2.05) is 11.1 Å². The third-order valence-electron chi connectivity index (χ3n) is 7.68. The molecule has 0 aromatic carbocycles. The molecule has 0 aromatic rings. The van der Waals surface area contributed by atoms with Gasteiger partial charge in [0.05, 0.1) is 0 Å². The lowest BCUT2D eigenvalue weighted by Crippen LogP contribution is -2.39. The van der Waals surface area contributed by atoms with Gasteiger partial charge in [0.2, 0.25) is 0 Å². The third-order valence-corrected chi connectivity index (χ3v) is 7.68. The van der Waals surface area contributed by atoms with Gasteiger partial charge in [0.25, 0.3) is 0 Å². The molecule has 0 amide bonds. The predicted molar refractivity (Wildman–Crippen MR) is 108 cm³/mol. The van der Waals surface area contributed by atoms with E-state index in [9.17, 15) is 0 Å². The van der Waals surface area contributed by atoms with Crippen LogP contribution < -0.4 is 0 Å².